The van der Waals surface area contributed by atoms with Crippen molar-refractivity contribution >= 4 is 5.91 Å². The highest BCUT2D eigenvalue weighted by Gasteiger charge is 2.06. The fourth-order valence-corrected chi connectivity index (χ4v) is 1.94. The van der Waals surface area contributed by atoms with Gasteiger partial charge in [-0.25, -0.2) is 4.98 Å². The molecule has 0 aliphatic rings. The number of nitrogens with zero attached hydrogens (tertiary/aromatic N) is 1. The normalized spacial score (nSPS) is 10.5. The highest BCUT2D eigenvalue weighted by molar-refractivity contribution is 5.94. The van der Waals surface area contributed by atoms with Crippen molar-refractivity contribution in [2.45, 2.75) is 26.3 Å². The minimum absolute atomic E-state index is 0.0823. The van der Waals surface area contributed by atoms with Gasteiger partial charge in [-0.05, 0) is 29.2 Å². The molecule has 0 saturated heterocycles. The molecule has 0 spiro atoms. The van der Waals surface area contributed by atoms with Gasteiger partial charge in [0.05, 0.1) is 7.11 Å². The maximum atomic E-state index is 12.1. The fraction of sp³-hybridized carbons (Fsp3) is 0.294. The van der Waals surface area contributed by atoms with Crippen LogP contribution >= 0.6 is 0 Å². The van der Waals surface area contributed by atoms with Crippen LogP contribution in [0.5, 0.6) is 5.88 Å². The molecule has 0 radical (unpaired) electrons. The molecule has 2 rings (SSSR count). The number of aromatic nitrogens is 1. The van der Waals surface area contributed by atoms with Crippen LogP contribution in [0.3, 0.4) is 0 Å². The molecule has 0 fully saturated rings. The zero-order valence-corrected chi connectivity index (χ0v) is 12.6. The van der Waals surface area contributed by atoms with Gasteiger partial charge in [0, 0.05) is 24.4 Å². The lowest BCUT2D eigenvalue weighted by atomic mass is 10.0. The van der Waals surface area contributed by atoms with Crippen LogP contribution in [-0.4, -0.2) is 18.0 Å². The van der Waals surface area contributed by atoms with E-state index in [0.29, 0.717) is 23.9 Å². The number of rotatable bonds is 5. The van der Waals surface area contributed by atoms with E-state index in [0.717, 1.165) is 5.56 Å². The van der Waals surface area contributed by atoms with Crippen molar-refractivity contribution in [2.24, 2.45) is 0 Å². The second kappa shape index (κ2) is 6.88. The number of hydrogen-bond acceptors (Lipinski definition) is 3. The average molecular weight is 284 g/mol. The van der Waals surface area contributed by atoms with Gasteiger partial charge in [0.2, 0.25) is 5.88 Å². The van der Waals surface area contributed by atoms with Crippen LogP contribution in [0.2, 0.25) is 0 Å². The van der Waals surface area contributed by atoms with Crippen LogP contribution in [0.1, 0.15) is 41.3 Å². The Balaban J connectivity index is 1.94. The molecule has 0 unspecified atom stereocenters. The lowest BCUT2D eigenvalue weighted by Gasteiger charge is -2.08. The third kappa shape index (κ3) is 4.05. The van der Waals surface area contributed by atoms with Crippen LogP contribution in [0, 0.1) is 0 Å². The predicted molar refractivity (Wildman–Crippen MR) is 82.5 cm³/mol. The van der Waals surface area contributed by atoms with Crippen molar-refractivity contribution in [3.63, 3.8) is 0 Å². The molecule has 0 atom stereocenters. The molecule has 21 heavy (non-hydrogen) atoms. The summed E-state index contributed by atoms with van der Waals surface area (Å²) in [6.45, 7) is 4.71. The van der Waals surface area contributed by atoms with Crippen molar-refractivity contribution < 1.29 is 9.53 Å². The Morgan fingerprint density at radius 1 is 1.19 bits per heavy atom. The fourth-order valence-electron chi connectivity index (χ4n) is 1.94. The van der Waals surface area contributed by atoms with Gasteiger partial charge in [-0.1, -0.05) is 32.0 Å². The topological polar surface area (TPSA) is 51.2 Å². The van der Waals surface area contributed by atoms with E-state index in [2.05, 4.69) is 24.1 Å². The Labute approximate surface area is 125 Å². The summed E-state index contributed by atoms with van der Waals surface area (Å²) in [5.74, 6) is 0.947. The molecular weight excluding hydrogens is 264 g/mol. The van der Waals surface area contributed by atoms with Crippen LogP contribution < -0.4 is 10.1 Å². The quantitative estimate of drug-likeness (QED) is 0.917. The van der Waals surface area contributed by atoms with E-state index in [1.165, 1.54) is 5.56 Å². The van der Waals surface area contributed by atoms with Gasteiger partial charge >= 0.3 is 0 Å². The van der Waals surface area contributed by atoms with E-state index < -0.39 is 0 Å². The van der Waals surface area contributed by atoms with E-state index in [1.807, 2.05) is 30.3 Å². The van der Waals surface area contributed by atoms with Gasteiger partial charge in [0.25, 0.3) is 5.91 Å². The monoisotopic (exact) mass is 284 g/mol. The minimum Gasteiger partial charge on any atom is -0.481 e. The number of amides is 1. The van der Waals surface area contributed by atoms with Crippen molar-refractivity contribution in [3.05, 3.63) is 59.3 Å². The number of pyridine rings is 1. The van der Waals surface area contributed by atoms with Crippen LogP contribution in [-0.2, 0) is 6.54 Å². The van der Waals surface area contributed by atoms with E-state index in [1.54, 1.807) is 19.4 Å². The lowest BCUT2D eigenvalue weighted by molar-refractivity contribution is 0.0951. The summed E-state index contributed by atoms with van der Waals surface area (Å²) >= 11 is 0. The van der Waals surface area contributed by atoms with Gasteiger partial charge in [0.15, 0.2) is 0 Å². The number of carbonyl (C=O) groups excluding carboxylic acids is 1. The third-order valence-electron chi connectivity index (χ3n) is 3.30. The molecule has 0 aliphatic carbocycles. The Kier molecular flexibility index (Phi) is 4.93. The van der Waals surface area contributed by atoms with E-state index in [9.17, 15) is 4.79 Å². The van der Waals surface area contributed by atoms with Crippen molar-refractivity contribution in [3.8, 4) is 5.88 Å². The van der Waals surface area contributed by atoms with Gasteiger partial charge in [-0.3, -0.25) is 4.79 Å². The van der Waals surface area contributed by atoms with Crippen molar-refractivity contribution in [2.75, 3.05) is 7.11 Å². The first-order valence-corrected chi connectivity index (χ1v) is 6.97. The summed E-state index contributed by atoms with van der Waals surface area (Å²) in [5.41, 5.74) is 2.83. The highest BCUT2D eigenvalue weighted by Crippen LogP contribution is 2.14. The Morgan fingerprint density at radius 3 is 2.43 bits per heavy atom. The second-order valence-electron chi connectivity index (χ2n) is 5.17. The largest absolute Gasteiger partial charge is 0.481 e. The number of nitrogens with one attached hydrogen (secondary N) is 1. The molecule has 0 aliphatic heterocycles. The van der Waals surface area contributed by atoms with Crippen LogP contribution in [0.25, 0.3) is 0 Å². The molecule has 1 aromatic heterocycles. The average Bonchev–Trinajstić information content (AvgIpc) is 2.53. The molecule has 4 heteroatoms. The zero-order valence-electron chi connectivity index (χ0n) is 12.6. The summed E-state index contributed by atoms with van der Waals surface area (Å²) < 4.78 is 5.00. The Bertz CT molecular complexity index is 589. The van der Waals surface area contributed by atoms with Gasteiger partial charge in [0.1, 0.15) is 0 Å². The minimum atomic E-state index is -0.0823. The van der Waals surface area contributed by atoms with Crippen molar-refractivity contribution in [1.82, 2.24) is 10.3 Å². The first kappa shape index (κ1) is 15.0. The molecule has 2 aromatic rings. The molecule has 0 bridgehead atoms. The summed E-state index contributed by atoms with van der Waals surface area (Å²) in [4.78, 5) is 16.2. The van der Waals surface area contributed by atoms with Crippen LogP contribution in [0.4, 0.5) is 0 Å². The number of hydrogen-bond donors (Lipinski definition) is 1. The Morgan fingerprint density at radius 2 is 1.90 bits per heavy atom. The molecule has 1 heterocycles. The standard InChI is InChI=1S/C17H20N2O2/c1-12(2)14-5-7-15(8-6-14)17(20)19-11-13-4-9-16(21-3)18-10-13/h4-10,12H,11H2,1-3H3,(H,19,20). The van der Waals surface area contributed by atoms with Crippen LogP contribution in [0.15, 0.2) is 42.6 Å². The first-order chi connectivity index (χ1) is 10.1. The third-order valence-corrected chi connectivity index (χ3v) is 3.30. The molecular formula is C17H20N2O2. The van der Waals surface area contributed by atoms with Gasteiger partial charge in [-0.2, -0.15) is 0 Å². The zero-order chi connectivity index (χ0) is 15.2. The molecule has 1 amide bonds. The number of ether oxygens (including phenoxy) is 1. The number of benzene rings is 1. The molecule has 4 nitrogen and oxygen atoms in total. The van der Waals surface area contributed by atoms with Gasteiger partial charge < -0.3 is 10.1 Å². The molecule has 1 aromatic carbocycles. The van der Waals surface area contributed by atoms with E-state index >= 15 is 0 Å². The maximum absolute atomic E-state index is 12.1. The smallest absolute Gasteiger partial charge is 0.251 e. The van der Waals surface area contributed by atoms with Gasteiger partial charge in [-0.15, -0.1) is 0 Å². The lowest BCUT2D eigenvalue weighted by Crippen LogP contribution is -2.22. The first-order valence-electron chi connectivity index (χ1n) is 6.97. The highest BCUT2D eigenvalue weighted by atomic mass is 16.5. The van der Waals surface area contributed by atoms with E-state index in [-0.39, 0.29) is 5.91 Å². The Hall–Kier alpha value is -2.36. The number of carbonyl (C=O) groups is 1. The van der Waals surface area contributed by atoms with Crippen molar-refractivity contribution in [1.29, 1.82) is 0 Å². The number of methoxy groups -OCH3 is 1. The summed E-state index contributed by atoms with van der Waals surface area (Å²) in [7, 11) is 1.57. The molecule has 1 N–H and O–H groups in total. The second-order valence-corrected chi connectivity index (χ2v) is 5.17. The predicted octanol–water partition coefficient (Wildman–Crippen LogP) is 3.14. The molecule has 110 valence electrons. The summed E-state index contributed by atoms with van der Waals surface area (Å²) in [6, 6.07) is 11.4. The molecule has 0 saturated carbocycles. The summed E-state index contributed by atoms with van der Waals surface area (Å²) in [5, 5.41) is 2.88. The SMILES string of the molecule is COc1ccc(CNC(=O)c2ccc(C(C)C)cc2)cn1. The summed E-state index contributed by atoms with van der Waals surface area (Å²) in [6.07, 6.45) is 1.70. The maximum Gasteiger partial charge on any atom is 0.251 e. The van der Waals surface area contributed by atoms with E-state index in [4.69, 9.17) is 4.74 Å².